The summed E-state index contributed by atoms with van der Waals surface area (Å²) in [7, 11) is 1.37. The number of hydrogen-bond acceptors (Lipinski definition) is 8. The zero-order valence-corrected chi connectivity index (χ0v) is 12.8. The number of imidazole rings is 1. The van der Waals surface area contributed by atoms with Crippen molar-refractivity contribution in [3.63, 3.8) is 0 Å². The molecule has 0 aliphatic carbocycles. The van der Waals surface area contributed by atoms with Crippen molar-refractivity contribution in [1.29, 1.82) is 0 Å². The fraction of sp³-hybridized carbons (Fsp3) is 0.538. The molecule has 3 heterocycles. The van der Waals surface area contributed by atoms with Gasteiger partial charge in [0.15, 0.2) is 11.2 Å². The normalized spacial score (nSPS) is 23.7. The molecule has 1 aliphatic heterocycles. The molecule has 1 amide bonds. The fourth-order valence-electron chi connectivity index (χ4n) is 2.55. The number of amides is 1. The number of nitrogens with one attached hydrogen (secondary N) is 2. The third kappa shape index (κ3) is 3.01. The van der Waals surface area contributed by atoms with Crippen LogP contribution in [-0.4, -0.2) is 68.2 Å². The molecule has 11 heteroatoms. The molecule has 0 saturated carbocycles. The molecule has 1 fully saturated rings. The highest BCUT2D eigenvalue weighted by molar-refractivity contribution is 5.90. The number of anilines is 1. The fourth-order valence-corrected chi connectivity index (χ4v) is 2.55. The lowest BCUT2D eigenvalue weighted by molar-refractivity contribution is -0.119. The Kier molecular flexibility index (Phi) is 4.57. The Balaban J connectivity index is 1.94. The van der Waals surface area contributed by atoms with Crippen LogP contribution in [0.25, 0.3) is 11.2 Å². The van der Waals surface area contributed by atoms with Gasteiger partial charge in [0.25, 0.3) is 11.5 Å². The summed E-state index contributed by atoms with van der Waals surface area (Å²) in [4.78, 5) is 34.2. The largest absolute Gasteiger partial charge is 0.394 e. The van der Waals surface area contributed by atoms with Crippen molar-refractivity contribution >= 4 is 23.0 Å². The van der Waals surface area contributed by atoms with Crippen molar-refractivity contribution < 1.29 is 24.5 Å². The minimum atomic E-state index is -0.833. The Hall–Kier alpha value is -2.34. The number of methoxy groups -OCH3 is 1. The molecule has 0 bridgehead atoms. The summed E-state index contributed by atoms with van der Waals surface area (Å²) >= 11 is 0. The zero-order chi connectivity index (χ0) is 17.3. The van der Waals surface area contributed by atoms with Gasteiger partial charge in [-0.25, -0.2) is 4.98 Å². The molecule has 24 heavy (non-hydrogen) atoms. The van der Waals surface area contributed by atoms with E-state index >= 15 is 0 Å². The van der Waals surface area contributed by atoms with Crippen molar-refractivity contribution in [2.45, 2.75) is 24.9 Å². The second-order valence-electron chi connectivity index (χ2n) is 5.33. The molecule has 130 valence electrons. The predicted octanol–water partition coefficient (Wildman–Crippen LogP) is -1.65. The van der Waals surface area contributed by atoms with Gasteiger partial charge in [0, 0.05) is 13.5 Å². The standard InChI is InChI=1S/C13H17N5O6/c1-23-4-8(21)15-13-16-11-10(12(22)17-13)14-5-18(11)9-2-6(20)7(3-19)24-9/h5-7,9,19-20H,2-4H2,1H3,(H2,15,16,17,21,22)/t6-,7+,9+/m0/s1. The Morgan fingerprint density at radius 3 is 3.08 bits per heavy atom. The Morgan fingerprint density at radius 1 is 1.62 bits per heavy atom. The van der Waals surface area contributed by atoms with Crippen LogP contribution in [0.15, 0.2) is 11.1 Å². The van der Waals surface area contributed by atoms with Crippen LogP contribution in [0.4, 0.5) is 5.95 Å². The van der Waals surface area contributed by atoms with Crippen molar-refractivity contribution in [2.24, 2.45) is 0 Å². The predicted molar refractivity (Wildman–Crippen MR) is 80.3 cm³/mol. The average Bonchev–Trinajstić information content (AvgIpc) is 3.10. The van der Waals surface area contributed by atoms with Gasteiger partial charge in [-0.05, 0) is 0 Å². The van der Waals surface area contributed by atoms with E-state index < -0.39 is 29.9 Å². The summed E-state index contributed by atoms with van der Waals surface area (Å²) in [6.45, 7) is -0.506. The maximum absolute atomic E-state index is 12.1. The highest BCUT2D eigenvalue weighted by Gasteiger charge is 2.35. The van der Waals surface area contributed by atoms with Crippen molar-refractivity contribution in [1.82, 2.24) is 19.5 Å². The SMILES string of the molecule is COCC(=O)Nc1nc2c(ncn2[C@H]2C[C@H](O)[C@@H](CO)O2)c(=O)[nH]1. The summed E-state index contributed by atoms with van der Waals surface area (Å²) in [6, 6.07) is 0. The lowest BCUT2D eigenvalue weighted by Crippen LogP contribution is -2.24. The first-order valence-corrected chi connectivity index (χ1v) is 7.23. The van der Waals surface area contributed by atoms with Crippen LogP contribution < -0.4 is 10.9 Å². The number of aromatic nitrogens is 4. The lowest BCUT2D eigenvalue weighted by Gasteiger charge is -2.13. The molecule has 11 nitrogen and oxygen atoms in total. The second-order valence-corrected chi connectivity index (χ2v) is 5.33. The van der Waals surface area contributed by atoms with Crippen LogP contribution in [0.2, 0.25) is 0 Å². The first-order chi connectivity index (χ1) is 11.5. The maximum Gasteiger partial charge on any atom is 0.280 e. The molecule has 2 aromatic rings. The molecular formula is C13H17N5O6. The van der Waals surface area contributed by atoms with E-state index in [1.165, 1.54) is 18.0 Å². The van der Waals surface area contributed by atoms with Gasteiger partial charge in [0.1, 0.15) is 18.9 Å². The number of rotatable bonds is 5. The van der Waals surface area contributed by atoms with Gasteiger partial charge >= 0.3 is 0 Å². The Labute approximate surface area is 135 Å². The second kappa shape index (κ2) is 6.65. The van der Waals surface area contributed by atoms with Crippen molar-refractivity contribution in [2.75, 3.05) is 25.6 Å². The number of aliphatic hydroxyl groups excluding tert-OH is 2. The first-order valence-electron chi connectivity index (χ1n) is 7.23. The van der Waals surface area contributed by atoms with Gasteiger partial charge in [-0.1, -0.05) is 0 Å². The highest BCUT2D eigenvalue weighted by atomic mass is 16.5. The monoisotopic (exact) mass is 339 g/mol. The molecule has 3 atom stereocenters. The summed E-state index contributed by atoms with van der Waals surface area (Å²) in [6.07, 6.45) is -0.587. The Bertz CT molecular complexity index is 802. The summed E-state index contributed by atoms with van der Waals surface area (Å²) in [5.74, 6) is -0.521. The van der Waals surface area contributed by atoms with Crippen LogP contribution in [0.1, 0.15) is 12.6 Å². The molecule has 0 spiro atoms. The Morgan fingerprint density at radius 2 is 2.42 bits per heavy atom. The van der Waals surface area contributed by atoms with E-state index in [2.05, 4.69) is 20.3 Å². The topological polar surface area (TPSA) is 152 Å². The number of ether oxygens (including phenoxy) is 2. The van der Waals surface area contributed by atoms with E-state index in [9.17, 15) is 14.7 Å². The first kappa shape index (κ1) is 16.5. The summed E-state index contributed by atoms with van der Waals surface area (Å²) in [5.41, 5.74) is -0.253. The minimum absolute atomic E-state index is 0.0476. The van der Waals surface area contributed by atoms with Gasteiger partial charge < -0.3 is 19.7 Å². The van der Waals surface area contributed by atoms with Crippen LogP contribution in [0, 0.1) is 0 Å². The van der Waals surface area contributed by atoms with E-state index in [0.717, 1.165) is 0 Å². The van der Waals surface area contributed by atoms with Crippen molar-refractivity contribution in [3.8, 4) is 0 Å². The molecule has 4 N–H and O–H groups in total. The van der Waals surface area contributed by atoms with Crippen LogP contribution >= 0.6 is 0 Å². The van der Waals surface area contributed by atoms with E-state index in [-0.39, 0.29) is 36.7 Å². The third-order valence-electron chi connectivity index (χ3n) is 3.66. The third-order valence-corrected chi connectivity index (χ3v) is 3.66. The summed E-state index contributed by atoms with van der Waals surface area (Å²) < 4.78 is 11.7. The molecule has 0 unspecified atom stereocenters. The summed E-state index contributed by atoms with van der Waals surface area (Å²) in [5, 5.41) is 21.4. The smallest absolute Gasteiger partial charge is 0.280 e. The van der Waals surface area contributed by atoms with Gasteiger partial charge in [-0.2, -0.15) is 4.98 Å². The number of nitrogens with zero attached hydrogens (tertiary/aromatic N) is 3. The van der Waals surface area contributed by atoms with Crippen LogP contribution in [0.3, 0.4) is 0 Å². The van der Waals surface area contributed by atoms with Gasteiger partial charge in [-0.3, -0.25) is 24.5 Å². The average molecular weight is 339 g/mol. The van der Waals surface area contributed by atoms with E-state index in [4.69, 9.17) is 14.6 Å². The molecule has 2 aromatic heterocycles. The number of carbonyl (C=O) groups is 1. The van der Waals surface area contributed by atoms with Gasteiger partial charge in [0.2, 0.25) is 5.95 Å². The van der Waals surface area contributed by atoms with E-state index in [0.29, 0.717) is 0 Å². The molecule has 1 aliphatic rings. The lowest BCUT2D eigenvalue weighted by atomic mass is 10.2. The van der Waals surface area contributed by atoms with Gasteiger partial charge in [0.05, 0.1) is 19.0 Å². The number of aromatic amines is 1. The molecule has 0 radical (unpaired) electrons. The minimum Gasteiger partial charge on any atom is -0.394 e. The number of carbonyl (C=O) groups excluding carboxylic acids is 1. The molecule has 0 aromatic carbocycles. The van der Waals surface area contributed by atoms with Crippen LogP contribution in [0.5, 0.6) is 0 Å². The molecule has 3 rings (SSSR count). The highest BCUT2D eigenvalue weighted by Crippen LogP contribution is 2.30. The maximum atomic E-state index is 12.1. The number of H-pyrrole nitrogens is 1. The number of aliphatic hydroxyl groups is 2. The number of fused-ring (bicyclic) bond motifs is 1. The van der Waals surface area contributed by atoms with E-state index in [1.807, 2.05) is 0 Å². The number of hydrogen-bond donors (Lipinski definition) is 4. The molecular weight excluding hydrogens is 322 g/mol. The quantitative estimate of drug-likeness (QED) is 0.505. The van der Waals surface area contributed by atoms with Crippen LogP contribution in [-0.2, 0) is 14.3 Å². The zero-order valence-electron chi connectivity index (χ0n) is 12.8. The van der Waals surface area contributed by atoms with Gasteiger partial charge in [-0.15, -0.1) is 0 Å². The molecule has 1 saturated heterocycles. The van der Waals surface area contributed by atoms with Crippen molar-refractivity contribution in [3.05, 3.63) is 16.7 Å². The van der Waals surface area contributed by atoms with E-state index in [1.54, 1.807) is 0 Å².